The SMILES string of the molecule is Cc1ccc(C)c(Sc2ncncc2I)c1. The lowest BCUT2D eigenvalue weighted by Crippen LogP contribution is -1.88. The zero-order chi connectivity index (χ0) is 11.5. The molecule has 2 rings (SSSR count). The van der Waals surface area contributed by atoms with Crippen molar-refractivity contribution in [3.05, 3.63) is 45.4 Å². The van der Waals surface area contributed by atoms with Crippen LogP contribution in [0.15, 0.2) is 40.6 Å². The molecule has 4 heteroatoms. The Hall–Kier alpha value is -0.620. The van der Waals surface area contributed by atoms with Crippen molar-refractivity contribution < 1.29 is 0 Å². The fourth-order valence-electron chi connectivity index (χ4n) is 1.30. The van der Waals surface area contributed by atoms with Crippen LogP contribution in [0.1, 0.15) is 11.1 Å². The fraction of sp³-hybridized carbons (Fsp3) is 0.167. The number of aromatic nitrogens is 2. The summed E-state index contributed by atoms with van der Waals surface area (Å²) in [5.41, 5.74) is 2.56. The van der Waals surface area contributed by atoms with Crippen LogP contribution in [0.4, 0.5) is 0 Å². The van der Waals surface area contributed by atoms with Crippen LogP contribution in [0.2, 0.25) is 0 Å². The Bertz CT molecular complexity index is 514. The van der Waals surface area contributed by atoms with Gasteiger partial charge in [-0.3, -0.25) is 0 Å². The van der Waals surface area contributed by atoms with E-state index in [1.807, 2.05) is 6.20 Å². The van der Waals surface area contributed by atoms with Crippen LogP contribution in [-0.2, 0) is 0 Å². The average Bonchev–Trinajstić information content (AvgIpc) is 2.27. The summed E-state index contributed by atoms with van der Waals surface area (Å²) in [5.74, 6) is 0. The van der Waals surface area contributed by atoms with Crippen LogP contribution in [-0.4, -0.2) is 9.97 Å². The minimum atomic E-state index is 1.02. The molecular formula is C12H11IN2S. The van der Waals surface area contributed by atoms with Crippen molar-refractivity contribution >= 4 is 34.4 Å². The molecule has 2 nitrogen and oxygen atoms in total. The summed E-state index contributed by atoms with van der Waals surface area (Å²) in [4.78, 5) is 9.54. The molecule has 16 heavy (non-hydrogen) atoms. The van der Waals surface area contributed by atoms with Gasteiger partial charge in [0, 0.05) is 11.1 Å². The van der Waals surface area contributed by atoms with E-state index in [4.69, 9.17) is 0 Å². The lowest BCUT2D eigenvalue weighted by molar-refractivity contribution is 1.02. The molecule has 1 aromatic heterocycles. The average molecular weight is 342 g/mol. The molecular weight excluding hydrogens is 331 g/mol. The van der Waals surface area contributed by atoms with Crippen LogP contribution in [0.3, 0.4) is 0 Å². The summed E-state index contributed by atoms with van der Waals surface area (Å²) < 4.78 is 1.09. The van der Waals surface area contributed by atoms with Crippen molar-refractivity contribution in [2.45, 2.75) is 23.8 Å². The number of halogens is 1. The van der Waals surface area contributed by atoms with Gasteiger partial charge < -0.3 is 0 Å². The largest absolute Gasteiger partial charge is 0.244 e. The predicted octanol–water partition coefficient (Wildman–Crippen LogP) is 3.85. The molecule has 0 atom stereocenters. The van der Waals surface area contributed by atoms with Crippen LogP contribution in [0.25, 0.3) is 0 Å². The maximum atomic E-state index is 4.29. The molecule has 0 saturated carbocycles. The number of hydrogen-bond acceptors (Lipinski definition) is 3. The summed E-state index contributed by atoms with van der Waals surface area (Å²) in [6, 6.07) is 6.47. The molecule has 1 heterocycles. The zero-order valence-electron chi connectivity index (χ0n) is 9.07. The van der Waals surface area contributed by atoms with Crippen LogP contribution in [0.5, 0.6) is 0 Å². The summed E-state index contributed by atoms with van der Waals surface area (Å²) in [7, 11) is 0. The van der Waals surface area contributed by atoms with Crippen molar-refractivity contribution in [1.82, 2.24) is 9.97 Å². The van der Waals surface area contributed by atoms with Gasteiger partial charge in [-0.15, -0.1) is 0 Å². The molecule has 0 N–H and O–H groups in total. The second kappa shape index (κ2) is 5.14. The maximum Gasteiger partial charge on any atom is 0.118 e. The smallest absolute Gasteiger partial charge is 0.118 e. The van der Waals surface area contributed by atoms with Crippen LogP contribution < -0.4 is 0 Å². The Labute approximate surface area is 113 Å². The summed E-state index contributed by atoms with van der Waals surface area (Å²) >= 11 is 3.96. The standard InChI is InChI=1S/C12H11IN2S/c1-8-3-4-9(2)11(5-8)16-12-10(13)6-14-7-15-12/h3-7H,1-2H3. The maximum absolute atomic E-state index is 4.29. The molecule has 0 fully saturated rings. The first-order chi connectivity index (χ1) is 7.66. The van der Waals surface area contributed by atoms with Crippen molar-refractivity contribution in [2.24, 2.45) is 0 Å². The lowest BCUT2D eigenvalue weighted by atomic mass is 10.2. The molecule has 0 aliphatic carbocycles. The van der Waals surface area contributed by atoms with E-state index in [1.54, 1.807) is 18.1 Å². The van der Waals surface area contributed by atoms with E-state index >= 15 is 0 Å². The number of nitrogens with zero attached hydrogens (tertiary/aromatic N) is 2. The van der Waals surface area contributed by atoms with E-state index in [9.17, 15) is 0 Å². The quantitative estimate of drug-likeness (QED) is 0.612. The second-order valence-corrected chi connectivity index (χ2v) is 5.74. The molecule has 0 bridgehead atoms. The molecule has 0 amide bonds. The predicted molar refractivity (Wildman–Crippen MR) is 74.8 cm³/mol. The van der Waals surface area contributed by atoms with Gasteiger partial charge in [0.15, 0.2) is 0 Å². The molecule has 0 unspecified atom stereocenters. The lowest BCUT2D eigenvalue weighted by Gasteiger charge is -2.06. The van der Waals surface area contributed by atoms with E-state index in [0.717, 1.165) is 8.60 Å². The Balaban J connectivity index is 2.34. The number of rotatable bonds is 2. The zero-order valence-corrected chi connectivity index (χ0v) is 12.0. The van der Waals surface area contributed by atoms with E-state index in [-0.39, 0.29) is 0 Å². The molecule has 1 aromatic carbocycles. The first kappa shape index (κ1) is 11.9. The molecule has 0 aliphatic rings. The van der Waals surface area contributed by atoms with Gasteiger partial charge in [0.1, 0.15) is 11.4 Å². The molecule has 82 valence electrons. The normalized spacial score (nSPS) is 10.4. The van der Waals surface area contributed by atoms with Crippen molar-refractivity contribution in [2.75, 3.05) is 0 Å². The third kappa shape index (κ3) is 2.74. The number of benzene rings is 1. The highest BCUT2D eigenvalue weighted by Crippen LogP contribution is 2.31. The minimum absolute atomic E-state index is 1.02. The van der Waals surface area contributed by atoms with Gasteiger partial charge >= 0.3 is 0 Å². The molecule has 0 spiro atoms. The van der Waals surface area contributed by atoms with Crippen molar-refractivity contribution in [3.8, 4) is 0 Å². The monoisotopic (exact) mass is 342 g/mol. The van der Waals surface area contributed by atoms with Crippen LogP contribution >= 0.6 is 34.4 Å². The number of hydrogen-bond donors (Lipinski definition) is 0. The van der Waals surface area contributed by atoms with Gasteiger partial charge in [-0.2, -0.15) is 0 Å². The molecule has 0 radical (unpaired) electrons. The first-order valence-corrected chi connectivity index (χ1v) is 6.77. The minimum Gasteiger partial charge on any atom is -0.244 e. The fourth-order valence-corrected chi connectivity index (χ4v) is 2.86. The van der Waals surface area contributed by atoms with E-state index in [0.29, 0.717) is 0 Å². The molecule has 2 aromatic rings. The Kier molecular flexibility index (Phi) is 3.81. The molecule has 0 saturated heterocycles. The summed E-state index contributed by atoms with van der Waals surface area (Å²) in [6.45, 7) is 4.23. The highest BCUT2D eigenvalue weighted by Gasteiger charge is 2.06. The van der Waals surface area contributed by atoms with Gasteiger partial charge in [0.05, 0.1) is 3.57 Å². The first-order valence-electron chi connectivity index (χ1n) is 4.87. The highest BCUT2D eigenvalue weighted by molar-refractivity contribution is 14.1. The Morgan fingerprint density at radius 3 is 2.81 bits per heavy atom. The highest BCUT2D eigenvalue weighted by atomic mass is 127. The van der Waals surface area contributed by atoms with Gasteiger partial charge in [-0.1, -0.05) is 23.9 Å². The third-order valence-corrected chi connectivity index (χ3v) is 4.52. The summed E-state index contributed by atoms with van der Waals surface area (Å²) in [5, 5.41) is 1.02. The Morgan fingerprint density at radius 2 is 2.06 bits per heavy atom. The van der Waals surface area contributed by atoms with Gasteiger partial charge in [0.25, 0.3) is 0 Å². The van der Waals surface area contributed by atoms with Gasteiger partial charge in [0.2, 0.25) is 0 Å². The van der Waals surface area contributed by atoms with Crippen molar-refractivity contribution in [1.29, 1.82) is 0 Å². The van der Waals surface area contributed by atoms with E-state index in [1.165, 1.54) is 16.0 Å². The van der Waals surface area contributed by atoms with Crippen LogP contribution in [0, 0.1) is 17.4 Å². The summed E-state index contributed by atoms with van der Waals surface area (Å²) in [6.07, 6.45) is 3.43. The molecule has 0 aliphatic heterocycles. The van der Waals surface area contributed by atoms with Gasteiger partial charge in [-0.25, -0.2) is 9.97 Å². The van der Waals surface area contributed by atoms with Crippen molar-refractivity contribution in [3.63, 3.8) is 0 Å². The number of aryl methyl sites for hydroxylation is 2. The second-order valence-electron chi connectivity index (χ2n) is 3.55. The topological polar surface area (TPSA) is 25.8 Å². The van der Waals surface area contributed by atoms with E-state index in [2.05, 4.69) is 64.6 Å². The van der Waals surface area contributed by atoms with Gasteiger partial charge in [-0.05, 0) is 53.6 Å². The third-order valence-electron chi connectivity index (χ3n) is 2.18. The van der Waals surface area contributed by atoms with E-state index < -0.39 is 0 Å². The Morgan fingerprint density at radius 1 is 1.25 bits per heavy atom.